The number of hydrogen-bond donors (Lipinski definition) is 1. The summed E-state index contributed by atoms with van der Waals surface area (Å²) in [5, 5.41) is 9.20. The number of aromatic nitrogens is 2. The smallest absolute Gasteiger partial charge is 0.261 e. The normalized spacial score (nSPS) is 14.5. The number of sulfonamides is 1. The van der Waals surface area contributed by atoms with Crippen molar-refractivity contribution in [1.29, 1.82) is 0 Å². The highest BCUT2D eigenvalue weighted by Crippen LogP contribution is 2.14. The molecule has 0 fully saturated rings. The second kappa shape index (κ2) is 5.16. The van der Waals surface area contributed by atoms with Gasteiger partial charge in [0.05, 0.1) is 12.4 Å². The molecule has 17 heavy (non-hydrogen) atoms. The summed E-state index contributed by atoms with van der Waals surface area (Å²) in [5.74, 6) is 0. The lowest BCUT2D eigenvalue weighted by Gasteiger charge is -2.16. The summed E-state index contributed by atoms with van der Waals surface area (Å²) in [5.41, 5.74) is 0. The fourth-order valence-electron chi connectivity index (χ4n) is 1.36. The molecule has 1 atom stereocenters. The first-order chi connectivity index (χ1) is 7.75. The first-order valence-corrected chi connectivity index (χ1v) is 6.87. The monoisotopic (exact) mass is 261 g/mol. The van der Waals surface area contributed by atoms with Crippen molar-refractivity contribution in [3.05, 3.63) is 12.5 Å². The topological polar surface area (TPSA) is 75.4 Å². The summed E-state index contributed by atoms with van der Waals surface area (Å²) in [6, 6.07) is 0.161. The van der Waals surface area contributed by atoms with Crippen molar-refractivity contribution in [3.63, 3.8) is 0 Å². The molecule has 1 aromatic rings. The molecular formula is C10H19N3O3S. The highest BCUT2D eigenvalue weighted by atomic mass is 32.2. The molecule has 0 aromatic carbocycles. The zero-order valence-corrected chi connectivity index (χ0v) is 11.3. The van der Waals surface area contributed by atoms with Gasteiger partial charge in [0.15, 0.2) is 5.03 Å². The molecule has 0 radical (unpaired) electrons. The molecule has 0 saturated carbocycles. The van der Waals surface area contributed by atoms with Crippen molar-refractivity contribution in [2.45, 2.75) is 37.9 Å². The minimum absolute atomic E-state index is 0.00866. The molecule has 1 N–H and O–H groups in total. The Balaban J connectivity index is 2.96. The fraction of sp³-hybridized carbons (Fsp3) is 0.700. The van der Waals surface area contributed by atoms with E-state index in [4.69, 9.17) is 0 Å². The van der Waals surface area contributed by atoms with Gasteiger partial charge in [0.2, 0.25) is 0 Å². The van der Waals surface area contributed by atoms with Crippen LogP contribution < -0.4 is 0 Å². The summed E-state index contributed by atoms with van der Waals surface area (Å²) in [4.78, 5) is 3.89. The number of imidazole rings is 1. The van der Waals surface area contributed by atoms with Gasteiger partial charge in [-0.25, -0.2) is 13.4 Å². The van der Waals surface area contributed by atoms with E-state index >= 15 is 0 Å². The molecule has 0 saturated heterocycles. The number of aliphatic hydroxyl groups is 1. The molecule has 1 heterocycles. The van der Waals surface area contributed by atoms with Crippen LogP contribution in [-0.2, 0) is 10.0 Å². The van der Waals surface area contributed by atoms with Crippen LogP contribution in [0, 0.1) is 0 Å². The Hall–Kier alpha value is -0.920. The van der Waals surface area contributed by atoms with E-state index in [9.17, 15) is 13.5 Å². The first-order valence-electron chi connectivity index (χ1n) is 5.43. The van der Waals surface area contributed by atoms with Crippen LogP contribution in [0.2, 0.25) is 0 Å². The average molecular weight is 261 g/mol. The Morgan fingerprint density at radius 2 is 2.06 bits per heavy atom. The summed E-state index contributed by atoms with van der Waals surface area (Å²) < 4.78 is 26.9. The number of likely N-dealkylation sites (N-methyl/N-ethyl adjacent to an activating group) is 1. The molecule has 6 nitrogen and oxygen atoms in total. The van der Waals surface area contributed by atoms with Gasteiger partial charge in [-0.3, -0.25) is 0 Å². The molecule has 0 aliphatic rings. The van der Waals surface area contributed by atoms with Gasteiger partial charge in [0, 0.05) is 25.8 Å². The maximum atomic E-state index is 12.0. The summed E-state index contributed by atoms with van der Waals surface area (Å²) in [6.07, 6.45) is 2.29. The van der Waals surface area contributed by atoms with Crippen LogP contribution in [0.1, 0.15) is 26.8 Å². The Morgan fingerprint density at radius 3 is 2.47 bits per heavy atom. The predicted octanol–water partition coefficient (Wildman–Crippen LogP) is 0.465. The van der Waals surface area contributed by atoms with Gasteiger partial charge in [-0.1, -0.05) is 0 Å². The first kappa shape index (κ1) is 14.1. The fourth-order valence-corrected chi connectivity index (χ4v) is 2.53. The Morgan fingerprint density at radius 1 is 1.47 bits per heavy atom. The third-order valence-corrected chi connectivity index (χ3v) is 4.08. The molecule has 0 unspecified atom stereocenters. The van der Waals surface area contributed by atoms with E-state index in [-0.39, 0.29) is 17.6 Å². The molecule has 0 bridgehead atoms. The van der Waals surface area contributed by atoms with Crippen LogP contribution >= 0.6 is 0 Å². The van der Waals surface area contributed by atoms with E-state index in [2.05, 4.69) is 4.98 Å². The number of nitrogens with zero attached hydrogens (tertiary/aromatic N) is 3. The van der Waals surface area contributed by atoms with E-state index in [0.29, 0.717) is 0 Å². The Bertz CT molecular complexity index is 465. The summed E-state index contributed by atoms with van der Waals surface area (Å²) in [6.45, 7) is 5.48. The number of hydrogen-bond acceptors (Lipinski definition) is 4. The van der Waals surface area contributed by atoms with Gasteiger partial charge in [-0.15, -0.1) is 0 Å². The van der Waals surface area contributed by atoms with E-state index < -0.39 is 16.1 Å². The third kappa shape index (κ3) is 3.27. The van der Waals surface area contributed by atoms with Crippen LogP contribution in [0.4, 0.5) is 0 Å². The maximum absolute atomic E-state index is 12.0. The van der Waals surface area contributed by atoms with Crippen LogP contribution in [0.5, 0.6) is 0 Å². The predicted molar refractivity (Wildman–Crippen MR) is 64.1 cm³/mol. The lowest BCUT2D eigenvalue weighted by Crippen LogP contribution is -2.33. The zero-order chi connectivity index (χ0) is 13.2. The largest absolute Gasteiger partial charge is 0.392 e. The highest BCUT2D eigenvalue weighted by Gasteiger charge is 2.24. The molecule has 0 spiro atoms. The minimum Gasteiger partial charge on any atom is -0.392 e. The number of aliphatic hydroxyl groups excluding tert-OH is 1. The van der Waals surface area contributed by atoms with Crippen LogP contribution in [-0.4, -0.2) is 47.1 Å². The van der Waals surface area contributed by atoms with Crippen molar-refractivity contribution in [2.75, 3.05) is 13.6 Å². The van der Waals surface area contributed by atoms with E-state index in [1.807, 2.05) is 13.8 Å². The van der Waals surface area contributed by atoms with Crippen LogP contribution in [0.3, 0.4) is 0 Å². The lowest BCUT2D eigenvalue weighted by atomic mass is 10.4. The van der Waals surface area contributed by atoms with E-state index in [1.54, 1.807) is 11.5 Å². The number of rotatable bonds is 5. The van der Waals surface area contributed by atoms with Gasteiger partial charge in [0.25, 0.3) is 10.0 Å². The molecule has 0 amide bonds. The minimum atomic E-state index is -3.61. The second-order valence-corrected chi connectivity index (χ2v) is 6.38. The Labute approximate surface area is 102 Å². The summed E-state index contributed by atoms with van der Waals surface area (Å²) in [7, 11) is -2.18. The lowest BCUT2D eigenvalue weighted by molar-refractivity contribution is 0.171. The van der Waals surface area contributed by atoms with Crippen molar-refractivity contribution >= 4 is 10.0 Å². The molecule has 0 aliphatic heterocycles. The molecular weight excluding hydrogens is 242 g/mol. The van der Waals surface area contributed by atoms with E-state index in [1.165, 1.54) is 19.6 Å². The van der Waals surface area contributed by atoms with Gasteiger partial charge < -0.3 is 9.67 Å². The van der Waals surface area contributed by atoms with Gasteiger partial charge >= 0.3 is 0 Å². The van der Waals surface area contributed by atoms with Gasteiger partial charge in [-0.05, 0) is 20.8 Å². The van der Waals surface area contributed by atoms with Crippen molar-refractivity contribution in [1.82, 2.24) is 13.9 Å². The van der Waals surface area contributed by atoms with Crippen molar-refractivity contribution in [3.8, 4) is 0 Å². The van der Waals surface area contributed by atoms with Gasteiger partial charge in [-0.2, -0.15) is 4.31 Å². The van der Waals surface area contributed by atoms with Gasteiger partial charge in [0.1, 0.15) is 0 Å². The molecule has 0 aliphatic carbocycles. The molecule has 7 heteroatoms. The SMILES string of the molecule is CC(C)n1cnc(S(=O)(=O)N(C)C[C@@H](C)O)c1. The second-order valence-electron chi connectivity index (χ2n) is 4.39. The van der Waals surface area contributed by atoms with Crippen LogP contribution in [0.25, 0.3) is 0 Å². The van der Waals surface area contributed by atoms with Crippen molar-refractivity contribution in [2.24, 2.45) is 0 Å². The average Bonchev–Trinajstić information content (AvgIpc) is 2.65. The highest BCUT2D eigenvalue weighted by molar-refractivity contribution is 7.89. The summed E-state index contributed by atoms with van der Waals surface area (Å²) >= 11 is 0. The molecule has 98 valence electrons. The zero-order valence-electron chi connectivity index (χ0n) is 10.5. The third-order valence-electron chi connectivity index (χ3n) is 2.37. The van der Waals surface area contributed by atoms with Crippen molar-refractivity contribution < 1.29 is 13.5 Å². The quantitative estimate of drug-likeness (QED) is 0.835. The van der Waals surface area contributed by atoms with Crippen LogP contribution in [0.15, 0.2) is 17.6 Å². The van der Waals surface area contributed by atoms with E-state index in [0.717, 1.165) is 4.31 Å². The standard InChI is InChI=1S/C10H19N3O3S/c1-8(2)13-6-10(11-7-13)17(15,16)12(4)5-9(3)14/h6-9,14H,5H2,1-4H3/t9-/m1/s1. The Kier molecular flexibility index (Phi) is 4.29. The molecule has 1 rings (SSSR count). The maximum Gasteiger partial charge on any atom is 0.261 e. The molecule has 1 aromatic heterocycles.